The van der Waals surface area contributed by atoms with Crippen LogP contribution < -0.4 is 5.32 Å². The first-order valence-electron chi connectivity index (χ1n) is 8.94. The normalized spacial score (nSPS) is 13.7. The minimum Gasteiger partial charge on any atom is -0.347 e. The standard InChI is InChI=1S/C21H21N3OS/c25-21(22-14-17-15-24-13-5-4-8-20(24)23-17)12-10-18-9-11-19(26-18)16-6-2-1-3-7-16/h1-3,6-7,9-12,15H,4-5,8,13-14H2,(H,22,25)/b12-10+. The van der Waals surface area contributed by atoms with E-state index in [1.54, 1.807) is 17.4 Å². The fraction of sp³-hybridized carbons (Fsp3) is 0.238. The van der Waals surface area contributed by atoms with E-state index in [0.29, 0.717) is 6.54 Å². The van der Waals surface area contributed by atoms with Crippen LogP contribution in [0.5, 0.6) is 0 Å². The number of aromatic nitrogens is 2. The van der Waals surface area contributed by atoms with Gasteiger partial charge >= 0.3 is 0 Å². The average Bonchev–Trinajstić information content (AvgIpc) is 3.32. The number of aryl methyl sites for hydroxylation is 2. The van der Waals surface area contributed by atoms with Crippen LogP contribution in [0.4, 0.5) is 0 Å². The van der Waals surface area contributed by atoms with Gasteiger partial charge in [0.2, 0.25) is 5.91 Å². The van der Waals surface area contributed by atoms with Crippen molar-refractivity contribution in [3.8, 4) is 10.4 Å². The zero-order chi connectivity index (χ0) is 17.8. The van der Waals surface area contributed by atoms with Gasteiger partial charge in [-0.05, 0) is 36.6 Å². The number of carbonyl (C=O) groups is 1. The van der Waals surface area contributed by atoms with Crippen LogP contribution >= 0.6 is 11.3 Å². The molecule has 0 saturated heterocycles. The van der Waals surface area contributed by atoms with E-state index in [4.69, 9.17) is 0 Å². The summed E-state index contributed by atoms with van der Waals surface area (Å²) in [4.78, 5) is 19.0. The van der Waals surface area contributed by atoms with E-state index in [2.05, 4.69) is 39.3 Å². The molecule has 132 valence electrons. The molecule has 0 atom stereocenters. The summed E-state index contributed by atoms with van der Waals surface area (Å²) in [7, 11) is 0. The molecular formula is C21H21N3OS. The Hall–Kier alpha value is -2.66. The molecule has 1 aromatic carbocycles. The number of hydrogen-bond donors (Lipinski definition) is 1. The Bertz CT molecular complexity index is 900. The molecule has 1 aliphatic rings. The Balaban J connectivity index is 1.33. The summed E-state index contributed by atoms with van der Waals surface area (Å²) in [5, 5.41) is 2.92. The molecule has 0 aliphatic carbocycles. The summed E-state index contributed by atoms with van der Waals surface area (Å²) < 4.78 is 2.21. The molecule has 26 heavy (non-hydrogen) atoms. The monoisotopic (exact) mass is 363 g/mol. The van der Waals surface area contributed by atoms with Gasteiger partial charge in [0.05, 0.1) is 12.2 Å². The maximum absolute atomic E-state index is 12.1. The van der Waals surface area contributed by atoms with Crippen molar-refractivity contribution in [2.24, 2.45) is 0 Å². The van der Waals surface area contributed by atoms with Crippen LogP contribution in [-0.2, 0) is 24.3 Å². The first-order valence-corrected chi connectivity index (χ1v) is 9.76. The van der Waals surface area contributed by atoms with Crippen LogP contribution in [0.2, 0.25) is 0 Å². The number of nitrogens with zero attached hydrogens (tertiary/aromatic N) is 2. The largest absolute Gasteiger partial charge is 0.347 e. The van der Waals surface area contributed by atoms with Crippen molar-refractivity contribution in [3.05, 3.63) is 71.1 Å². The zero-order valence-electron chi connectivity index (χ0n) is 14.5. The first-order chi connectivity index (χ1) is 12.8. The lowest BCUT2D eigenvalue weighted by atomic mass is 10.2. The number of benzene rings is 1. The Morgan fingerprint density at radius 3 is 2.92 bits per heavy atom. The van der Waals surface area contributed by atoms with Crippen LogP contribution in [0.25, 0.3) is 16.5 Å². The minimum absolute atomic E-state index is 0.0920. The average molecular weight is 363 g/mol. The third kappa shape index (κ3) is 3.94. The molecule has 0 radical (unpaired) electrons. The molecule has 0 saturated carbocycles. The topological polar surface area (TPSA) is 46.9 Å². The van der Waals surface area contributed by atoms with Crippen LogP contribution in [0.15, 0.2) is 54.7 Å². The second-order valence-corrected chi connectivity index (χ2v) is 7.53. The van der Waals surface area contributed by atoms with Crippen molar-refractivity contribution in [3.63, 3.8) is 0 Å². The van der Waals surface area contributed by atoms with E-state index in [0.717, 1.165) is 29.4 Å². The number of thiophene rings is 1. The highest BCUT2D eigenvalue weighted by Gasteiger charge is 2.12. The van der Waals surface area contributed by atoms with Gasteiger partial charge in [-0.3, -0.25) is 4.79 Å². The molecule has 1 N–H and O–H groups in total. The smallest absolute Gasteiger partial charge is 0.244 e. The molecule has 3 aromatic rings. The Morgan fingerprint density at radius 1 is 1.19 bits per heavy atom. The summed E-state index contributed by atoms with van der Waals surface area (Å²) in [5.74, 6) is 1.05. The van der Waals surface area contributed by atoms with E-state index in [1.165, 1.54) is 23.3 Å². The molecule has 0 unspecified atom stereocenters. The van der Waals surface area contributed by atoms with E-state index in [-0.39, 0.29) is 5.91 Å². The number of carbonyl (C=O) groups excluding carboxylic acids is 1. The van der Waals surface area contributed by atoms with E-state index in [1.807, 2.05) is 30.3 Å². The maximum Gasteiger partial charge on any atom is 0.244 e. The lowest BCUT2D eigenvalue weighted by Gasteiger charge is -2.11. The summed E-state index contributed by atoms with van der Waals surface area (Å²) >= 11 is 1.68. The maximum atomic E-state index is 12.1. The number of amides is 1. The van der Waals surface area contributed by atoms with Crippen molar-refractivity contribution >= 4 is 23.3 Å². The zero-order valence-corrected chi connectivity index (χ0v) is 15.3. The fourth-order valence-electron chi connectivity index (χ4n) is 3.15. The van der Waals surface area contributed by atoms with Gasteiger partial charge in [0, 0.05) is 35.0 Å². The number of nitrogens with one attached hydrogen (secondary N) is 1. The molecule has 2 aromatic heterocycles. The summed E-state index contributed by atoms with van der Waals surface area (Å²) in [6.45, 7) is 1.52. The molecular weight excluding hydrogens is 342 g/mol. The molecule has 1 aliphatic heterocycles. The van der Waals surface area contributed by atoms with E-state index < -0.39 is 0 Å². The molecule has 1 amide bonds. The number of hydrogen-bond acceptors (Lipinski definition) is 3. The SMILES string of the molecule is O=C(/C=C/c1ccc(-c2ccccc2)s1)NCc1cn2c(n1)CCCC2. The second-order valence-electron chi connectivity index (χ2n) is 6.42. The van der Waals surface area contributed by atoms with Gasteiger partial charge in [-0.25, -0.2) is 4.98 Å². The molecule has 4 nitrogen and oxygen atoms in total. The van der Waals surface area contributed by atoms with Crippen molar-refractivity contribution in [2.45, 2.75) is 32.4 Å². The summed E-state index contributed by atoms with van der Waals surface area (Å²) in [6, 6.07) is 14.4. The van der Waals surface area contributed by atoms with Gasteiger partial charge in [-0.1, -0.05) is 30.3 Å². The highest BCUT2D eigenvalue weighted by Crippen LogP contribution is 2.28. The molecule has 5 heteroatoms. The molecule has 0 bridgehead atoms. The van der Waals surface area contributed by atoms with Crippen molar-refractivity contribution in [1.29, 1.82) is 0 Å². The van der Waals surface area contributed by atoms with Gasteiger partial charge in [0.25, 0.3) is 0 Å². The quantitative estimate of drug-likeness (QED) is 0.688. The first kappa shape index (κ1) is 16.8. The number of rotatable bonds is 5. The van der Waals surface area contributed by atoms with Gasteiger partial charge in [0.15, 0.2) is 0 Å². The molecule has 0 fully saturated rings. The van der Waals surface area contributed by atoms with Crippen LogP contribution in [0.1, 0.15) is 29.2 Å². The van der Waals surface area contributed by atoms with Gasteiger partial charge in [-0.2, -0.15) is 0 Å². The third-order valence-corrected chi connectivity index (χ3v) is 5.59. The van der Waals surface area contributed by atoms with E-state index >= 15 is 0 Å². The van der Waals surface area contributed by atoms with Crippen molar-refractivity contribution < 1.29 is 4.79 Å². The summed E-state index contributed by atoms with van der Waals surface area (Å²) in [5.41, 5.74) is 2.14. The number of imidazole rings is 1. The fourth-order valence-corrected chi connectivity index (χ4v) is 4.07. The molecule has 0 spiro atoms. The van der Waals surface area contributed by atoms with E-state index in [9.17, 15) is 4.79 Å². The van der Waals surface area contributed by atoms with Crippen LogP contribution in [0, 0.1) is 0 Å². The predicted octanol–water partition coefficient (Wildman–Crippen LogP) is 4.28. The lowest BCUT2D eigenvalue weighted by Crippen LogP contribution is -2.20. The minimum atomic E-state index is -0.0920. The lowest BCUT2D eigenvalue weighted by molar-refractivity contribution is -0.116. The third-order valence-electron chi connectivity index (χ3n) is 4.49. The summed E-state index contributed by atoms with van der Waals surface area (Å²) in [6.07, 6.45) is 8.97. The Morgan fingerprint density at radius 2 is 2.08 bits per heavy atom. The second kappa shape index (κ2) is 7.70. The van der Waals surface area contributed by atoms with Crippen molar-refractivity contribution in [1.82, 2.24) is 14.9 Å². The highest BCUT2D eigenvalue weighted by molar-refractivity contribution is 7.16. The highest BCUT2D eigenvalue weighted by atomic mass is 32.1. The van der Waals surface area contributed by atoms with Gasteiger partial charge < -0.3 is 9.88 Å². The predicted molar refractivity (Wildman–Crippen MR) is 106 cm³/mol. The Kier molecular flexibility index (Phi) is 4.97. The van der Waals surface area contributed by atoms with Gasteiger partial charge in [-0.15, -0.1) is 11.3 Å². The molecule has 3 heterocycles. The van der Waals surface area contributed by atoms with Crippen LogP contribution in [0.3, 0.4) is 0 Å². The Labute approximate surface area is 157 Å². The molecule has 4 rings (SSSR count). The number of fused-ring (bicyclic) bond motifs is 1. The van der Waals surface area contributed by atoms with Gasteiger partial charge in [0.1, 0.15) is 5.82 Å². The van der Waals surface area contributed by atoms with Crippen molar-refractivity contribution in [2.75, 3.05) is 0 Å². The van der Waals surface area contributed by atoms with Crippen LogP contribution in [-0.4, -0.2) is 15.5 Å².